The molecule has 1 heterocycles. The molecule has 0 fully saturated rings. The van der Waals surface area contributed by atoms with Crippen molar-refractivity contribution in [2.75, 3.05) is 0 Å². The van der Waals surface area contributed by atoms with Crippen molar-refractivity contribution >= 4 is 11.6 Å². The van der Waals surface area contributed by atoms with Crippen molar-refractivity contribution in [3.63, 3.8) is 0 Å². The number of aromatic nitrogens is 1. The highest BCUT2D eigenvalue weighted by molar-refractivity contribution is 5.97. The van der Waals surface area contributed by atoms with E-state index >= 15 is 0 Å². The number of hydrogen-bond acceptors (Lipinski definition) is 3. The zero-order valence-corrected chi connectivity index (χ0v) is 14.4. The van der Waals surface area contributed by atoms with Gasteiger partial charge in [-0.25, -0.2) is 5.43 Å². The van der Waals surface area contributed by atoms with Gasteiger partial charge in [0, 0.05) is 18.0 Å². The summed E-state index contributed by atoms with van der Waals surface area (Å²) in [5, 5.41) is 4.14. The van der Waals surface area contributed by atoms with E-state index in [0.29, 0.717) is 5.56 Å². The van der Waals surface area contributed by atoms with E-state index in [2.05, 4.69) is 42.4 Å². The summed E-state index contributed by atoms with van der Waals surface area (Å²) in [6.45, 7) is 8.66. The maximum atomic E-state index is 11.9. The molecular formula is C19H25N3O. The molecular weight excluding hydrogens is 286 g/mol. The number of rotatable bonds is 4. The Morgan fingerprint density at radius 3 is 2.70 bits per heavy atom. The van der Waals surface area contributed by atoms with Gasteiger partial charge >= 0.3 is 0 Å². The van der Waals surface area contributed by atoms with Crippen LogP contribution < -0.4 is 5.43 Å². The first-order valence-electron chi connectivity index (χ1n) is 8.03. The van der Waals surface area contributed by atoms with Crippen molar-refractivity contribution in [3.05, 3.63) is 53.4 Å². The standard InChI is InChI=1S/C19H25N3O/c1-14-6-5-11-19(3,4)17(14)8-7-15(2)21-22-18(23)16-9-12-20-13-10-16/h7-10,12-13H,5-6,11H2,1-4H3,(H,22,23)/b8-7-,21-15+. The Bertz CT molecular complexity index is 654. The minimum Gasteiger partial charge on any atom is -0.267 e. The van der Waals surface area contributed by atoms with Crippen LogP contribution in [-0.4, -0.2) is 16.6 Å². The summed E-state index contributed by atoms with van der Waals surface area (Å²) in [6, 6.07) is 3.32. The topological polar surface area (TPSA) is 54.4 Å². The Hall–Kier alpha value is -2.23. The first-order valence-corrected chi connectivity index (χ1v) is 8.03. The van der Waals surface area contributed by atoms with E-state index in [4.69, 9.17) is 0 Å². The molecule has 4 heteroatoms. The summed E-state index contributed by atoms with van der Waals surface area (Å²) < 4.78 is 0. The summed E-state index contributed by atoms with van der Waals surface area (Å²) in [5.74, 6) is -0.228. The molecule has 1 aromatic heterocycles. The lowest BCUT2D eigenvalue weighted by Gasteiger charge is -2.32. The Morgan fingerprint density at radius 1 is 1.35 bits per heavy atom. The molecule has 0 spiro atoms. The lowest BCUT2D eigenvalue weighted by molar-refractivity contribution is 0.0954. The maximum absolute atomic E-state index is 11.9. The molecule has 0 radical (unpaired) electrons. The van der Waals surface area contributed by atoms with Gasteiger partial charge in [0.05, 0.1) is 5.71 Å². The van der Waals surface area contributed by atoms with E-state index in [-0.39, 0.29) is 11.3 Å². The molecule has 4 nitrogen and oxygen atoms in total. The highest BCUT2D eigenvalue weighted by atomic mass is 16.2. The fourth-order valence-electron chi connectivity index (χ4n) is 2.96. The van der Waals surface area contributed by atoms with Gasteiger partial charge in [-0.3, -0.25) is 9.78 Å². The summed E-state index contributed by atoms with van der Waals surface area (Å²) in [4.78, 5) is 15.8. The zero-order valence-electron chi connectivity index (χ0n) is 14.4. The predicted octanol–water partition coefficient (Wildman–Crippen LogP) is 4.27. The first-order chi connectivity index (χ1) is 10.9. The first kappa shape index (κ1) is 17.1. The van der Waals surface area contributed by atoms with Crippen LogP contribution in [-0.2, 0) is 0 Å². The minimum atomic E-state index is -0.228. The molecule has 0 aliphatic heterocycles. The number of allylic oxidation sites excluding steroid dienone is 4. The van der Waals surface area contributed by atoms with Gasteiger partial charge < -0.3 is 0 Å². The number of nitrogens with one attached hydrogen (secondary N) is 1. The number of pyridine rings is 1. The van der Waals surface area contributed by atoms with E-state index in [1.807, 2.05) is 13.0 Å². The highest BCUT2D eigenvalue weighted by Gasteiger charge is 2.26. The van der Waals surface area contributed by atoms with Gasteiger partial charge in [-0.15, -0.1) is 0 Å². The molecule has 122 valence electrons. The average molecular weight is 311 g/mol. The molecule has 1 aliphatic rings. The molecule has 1 amide bonds. The van der Waals surface area contributed by atoms with Crippen molar-refractivity contribution in [1.82, 2.24) is 10.4 Å². The second-order valence-electron chi connectivity index (χ2n) is 6.69. The van der Waals surface area contributed by atoms with Crippen LogP contribution >= 0.6 is 0 Å². The van der Waals surface area contributed by atoms with Crippen LogP contribution in [0, 0.1) is 5.41 Å². The summed E-state index contributed by atoms with van der Waals surface area (Å²) in [7, 11) is 0. The number of carbonyl (C=O) groups excluding carboxylic acids is 1. The van der Waals surface area contributed by atoms with Gasteiger partial charge in [-0.1, -0.05) is 25.5 Å². The van der Waals surface area contributed by atoms with E-state index < -0.39 is 0 Å². The third-order valence-corrected chi connectivity index (χ3v) is 4.31. The van der Waals surface area contributed by atoms with Gasteiger partial charge in [0.2, 0.25) is 0 Å². The normalized spacial score (nSPS) is 18.3. The van der Waals surface area contributed by atoms with Crippen LogP contribution in [0.5, 0.6) is 0 Å². The van der Waals surface area contributed by atoms with Crippen molar-refractivity contribution in [3.8, 4) is 0 Å². The molecule has 1 N–H and O–H groups in total. The van der Waals surface area contributed by atoms with Gasteiger partial charge in [0.1, 0.15) is 0 Å². The highest BCUT2D eigenvalue weighted by Crippen LogP contribution is 2.40. The number of carbonyl (C=O) groups is 1. The molecule has 2 rings (SSSR count). The molecule has 0 bridgehead atoms. The molecule has 0 unspecified atom stereocenters. The molecule has 0 atom stereocenters. The Balaban J connectivity index is 2.03. The van der Waals surface area contributed by atoms with Crippen LogP contribution in [0.1, 0.15) is 57.3 Å². The van der Waals surface area contributed by atoms with E-state index in [0.717, 1.165) is 12.1 Å². The van der Waals surface area contributed by atoms with Gasteiger partial charge in [-0.2, -0.15) is 5.10 Å². The minimum absolute atomic E-state index is 0.208. The van der Waals surface area contributed by atoms with Gasteiger partial charge in [0.25, 0.3) is 5.91 Å². The quantitative estimate of drug-likeness (QED) is 0.667. The molecule has 0 saturated heterocycles. The lowest BCUT2D eigenvalue weighted by Crippen LogP contribution is -2.20. The Morgan fingerprint density at radius 2 is 2.04 bits per heavy atom. The van der Waals surface area contributed by atoms with Crippen LogP contribution in [0.4, 0.5) is 0 Å². The van der Waals surface area contributed by atoms with Crippen LogP contribution in [0.15, 0.2) is 52.9 Å². The molecule has 1 aromatic rings. The van der Waals surface area contributed by atoms with Crippen molar-refractivity contribution in [2.24, 2.45) is 10.5 Å². The monoisotopic (exact) mass is 311 g/mol. The van der Waals surface area contributed by atoms with Crippen molar-refractivity contribution in [1.29, 1.82) is 0 Å². The number of hydrazone groups is 1. The SMILES string of the molecule is CC1=C(/C=C\C(C)=N\NC(=O)c2ccncc2)C(C)(C)CCC1. The number of amides is 1. The van der Waals surface area contributed by atoms with Crippen molar-refractivity contribution < 1.29 is 4.79 Å². The predicted molar refractivity (Wildman–Crippen MR) is 94.3 cm³/mol. The third-order valence-electron chi connectivity index (χ3n) is 4.31. The molecule has 23 heavy (non-hydrogen) atoms. The summed E-state index contributed by atoms with van der Waals surface area (Å²) >= 11 is 0. The maximum Gasteiger partial charge on any atom is 0.271 e. The second-order valence-corrected chi connectivity index (χ2v) is 6.69. The number of hydrogen-bond donors (Lipinski definition) is 1. The molecule has 1 aliphatic carbocycles. The molecule has 0 aromatic carbocycles. The fourth-order valence-corrected chi connectivity index (χ4v) is 2.96. The Kier molecular flexibility index (Phi) is 5.48. The summed E-state index contributed by atoms with van der Waals surface area (Å²) in [5.41, 5.74) is 6.94. The Labute approximate surface area is 138 Å². The molecule has 0 saturated carbocycles. The summed E-state index contributed by atoms with van der Waals surface area (Å²) in [6.07, 6.45) is 10.9. The van der Waals surface area contributed by atoms with Crippen LogP contribution in [0.2, 0.25) is 0 Å². The fraction of sp³-hybridized carbons (Fsp3) is 0.421. The lowest BCUT2D eigenvalue weighted by atomic mass is 9.72. The van der Waals surface area contributed by atoms with Crippen molar-refractivity contribution in [2.45, 2.75) is 47.0 Å². The number of nitrogens with zero attached hydrogens (tertiary/aromatic N) is 2. The van der Waals surface area contributed by atoms with Gasteiger partial charge in [-0.05, 0) is 62.3 Å². The smallest absolute Gasteiger partial charge is 0.267 e. The second kappa shape index (κ2) is 7.36. The van der Waals surface area contributed by atoms with E-state index in [9.17, 15) is 4.79 Å². The van der Waals surface area contributed by atoms with E-state index in [1.165, 1.54) is 24.0 Å². The third kappa shape index (κ3) is 4.62. The zero-order chi connectivity index (χ0) is 16.9. The largest absolute Gasteiger partial charge is 0.271 e. The van der Waals surface area contributed by atoms with Crippen LogP contribution in [0.25, 0.3) is 0 Å². The van der Waals surface area contributed by atoms with Gasteiger partial charge in [0.15, 0.2) is 0 Å². The van der Waals surface area contributed by atoms with Crippen LogP contribution in [0.3, 0.4) is 0 Å². The van der Waals surface area contributed by atoms with E-state index in [1.54, 1.807) is 24.5 Å². The average Bonchev–Trinajstić information content (AvgIpc) is 2.52.